The number of amides is 1. The van der Waals surface area contributed by atoms with Crippen molar-refractivity contribution in [1.82, 2.24) is 15.5 Å². The smallest absolute Gasteiger partial charge is 0.263 e. The van der Waals surface area contributed by atoms with Crippen LogP contribution in [0.15, 0.2) is 30.0 Å². The van der Waals surface area contributed by atoms with Crippen LogP contribution in [0.3, 0.4) is 0 Å². The molecule has 1 saturated heterocycles. The second-order valence-electron chi connectivity index (χ2n) is 6.74. The number of nitriles is 1. The summed E-state index contributed by atoms with van der Waals surface area (Å²) in [5, 5.41) is 15.3. The van der Waals surface area contributed by atoms with E-state index in [4.69, 9.17) is 9.47 Å². The summed E-state index contributed by atoms with van der Waals surface area (Å²) in [7, 11) is 0. The Kier molecular flexibility index (Phi) is 8.79. The summed E-state index contributed by atoms with van der Waals surface area (Å²) in [5.41, 5.74) is 2.17. The van der Waals surface area contributed by atoms with Gasteiger partial charge in [0, 0.05) is 37.9 Å². The fourth-order valence-corrected chi connectivity index (χ4v) is 2.99. The van der Waals surface area contributed by atoms with Crippen LogP contribution < -0.4 is 15.4 Å². The molecule has 1 aromatic rings. The molecule has 152 valence electrons. The van der Waals surface area contributed by atoms with Gasteiger partial charge >= 0.3 is 0 Å². The Bertz CT molecular complexity index is 721. The minimum atomic E-state index is -0.371. The van der Waals surface area contributed by atoms with Crippen molar-refractivity contribution in [3.8, 4) is 11.8 Å². The van der Waals surface area contributed by atoms with Crippen molar-refractivity contribution >= 4 is 5.91 Å². The van der Waals surface area contributed by atoms with Gasteiger partial charge in [0.25, 0.3) is 5.91 Å². The predicted molar refractivity (Wildman–Crippen MR) is 108 cm³/mol. The van der Waals surface area contributed by atoms with Crippen LogP contribution in [0.1, 0.15) is 31.0 Å². The molecule has 1 aromatic carbocycles. The van der Waals surface area contributed by atoms with Crippen LogP contribution in [-0.4, -0.2) is 56.8 Å². The molecule has 1 fully saturated rings. The van der Waals surface area contributed by atoms with E-state index in [-0.39, 0.29) is 17.5 Å². The van der Waals surface area contributed by atoms with Gasteiger partial charge in [-0.2, -0.15) is 5.26 Å². The van der Waals surface area contributed by atoms with Crippen molar-refractivity contribution in [2.45, 2.75) is 26.8 Å². The van der Waals surface area contributed by atoms with Crippen molar-refractivity contribution in [3.63, 3.8) is 0 Å². The quantitative estimate of drug-likeness (QED) is 0.498. The van der Waals surface area contributed by atoms with E-state index in [1.54, 1.807) is 0 Å². The summed E-state index contributed by atoms with van der Waals surface area (Å²) >= 11 is 0. The van der Waals surface area contributed by atoms with Crippen LogP contribution in [0.4, 0.5) is 0 Å². The highest BCUT2D eigenvalue weighted by molar-refractivity contribution is 5.97. The molecule has 2 rings (SSSR count). The van der Waals surface area contributed by atoms with Gasteiger partial charge in [-0.25, -0.2) is 0 Å². The lowest BCUT2D eigenvalue weighted by Gasteiger charge is -2.26. The number of hydrogen-bond donors (Lipinski definition) is 2. The number of aryl methyl sites for hydroxylation is 1. The molecule has 2 N–H and O–H groups in total. The molecule has 28 heavy (non-hydrogen) atoms. The Hall–Kier alpha value is -2.56. The van der Waals surface area contributed by atoms with Crippen molar-refractivity contribution in [1.29, 1.82) is 5.26 Å². The third-order valence-electron chi connectivity index (χ3n) is 4.59. The van der Waals surface area contributed by atoms with E-state index in [2.05, 4.69) is 15.5 Å². The Morgan fingerprint density at radius 2 is 2.18 bits per heavy atom. The largest absolute Gasteiger partial charge is 0.494 e. The Balaban J connectivity index is 1.91. The second-order valence-corrected chi connectivity index (χ2v) is 6.74. The summed E-state index contributed by atoms with van der Waals surface area (Å²) in [5.74, 6) is 0.430. The monoisotopic (exact) mass is 386 g/mol. The van der Waals surface area contributed by atoms with Gasteiger partial charge in [0.2, 0.25) is 0 Å². The molecule has 1 atom stereocenters. The first kappa shape index (κ1) is 21.7. The lowest BCUT2D eigenvalue weighted by atomic mass is 10.0. The average molecular weight is 386 g/mol. The lowest BCUT2D eigenvalue weighted by molar-refractivity contribution is -0.117. The van der Waals surface area contributed by atoms with E-state index in [1.165, 1.54) is 6.20 Å². The van der Waals surface area contributed by atoms with Crippen LogP contribution >= 0.6 is 0 Å². The zero-order valence-corrected chi connectivity index (χ0v) is 17.0. The molecule has 0 saturated carbocycles. The van der Waals surface area contributed by atoms with Crippen molar-refractivity contribution in [3.05, 3.63) is 41.1 Å². The van der Waals surface area contributed by atoms with E-state index in [1.807, 2.05) is 45.0 Å². The number of morpholine rings is 1. The van der Waals surface area contributed by atoms with Gasteiger partial charge in [0.05, 0.1) is 25.9 Å². The molecule has 1 unspecified atom stereocenters. The summed E-state index contributed by atoms with van der Waals surface area (Å²) in [6.07, 6.45) is 1.48. The Labute approximate surface area is 167 Å². The Morgan fingerprint density at radius 1 is 1.43 bits per heavy atom. The standard InChI is InChI=1S/C21H30N4O3/c1-4-28-20-6-5-16(2)13-19(20)17(3)24-15-18(14-22)21(26)23-7-8-25-9-11-27-12-10-25/h5-6,13,15,17,24H,4,7-12H2,1-3H3,(H,23,26)/b18-15-. The fraction of sp³-hybridized carbons (Fsp3) is 0.524. The van der Waals surface area contributed by atoms with E-state index in [0.717, 1.165) is 49.7 Å². The van der Waals surface area contributed by atoms with Gasteiger partial charge < -0.3 is 20.1 Å². The number of benzene rings is 1. The second kappa shape index (κ2) is 11.3. The number of nitrogens with one attached hydrogen (secondary N) is 2. The van der Waals surface area contributed by atoms with Crippen molar-refractivity contribution in [2.75, 3.05) is 46.0 Å². The molecule has 1 heterocycles. The van der Waals surface area contributed by atoms with Gasteiger partial charge in [-0.1, -0.05) is 17.7 Å². The van der Waals surface area contributed by atoms with Crippen LogP contribution in [0.25, 0.3) is 0 Å². The number of nitrogens with zero attached hydrogens (tertiary/aromatic N) is 2. The first-order valence-corrected chi connectivity index (χ1v) is 9.73. The van der Waals surface area contributed by atoms with E-state index in [9.17, 15) is 10.1 Å². The third-order valence-corrected chi connectivity index (χ3v) is 4.59. The van der Waals surface area contributed by atoms with Crippen LogP contribution in [-0.2, 0) is 9.53 Å². The summed E-state index contributed by atoms with van der Waals surface area (Å²) in [4.78, 5) is 14.5. The molecule has 0 aromatic heterocycles. The van der Waals surface area contributed by atoms with E-state index >= 15 is 0 Å². The highest BCUT2D eigenvalue weighted by Gasteiger charge is 2.14. The summed E-state index contributed by atoms with van der Waals surface area (Å²) in [6, 6.07) is 7.85. The maximum Gasteiger partial charge on any atom is 0.263 e. The third kappa shape index (κ3) is 6.55. The van der Waals surface area contributed by atoms with E-state index < -0.39 is 0 Å². The molecule has 0 bridgehead atoms. The molecular weight excluding hydrogens is 356 g/mol. The van der Waals surface area contributed by atoms with Crippen LogP contribution in [0.2, 0.25) is 0 Å². The highest BCUT2D eigenvalue weighted by atomic mass is 16.5. The SMILES string of the molecule is CCOc1ccc(C)cc1C(C)N/C=C(/C#N)C(=O)NCCN1CCOCC1. The normalized spacial score (nSPS) is 16.1. The van der Waals surface area contributed by atoms with Crippen LogP contribution in [0.5, 0.6) is 5.75 Å². The minimum absolute atomic E-state index is 0.0550. The maximum atomic E-state index is 12.3. The van der Waals surface area contributed by atoms with E-state index in [0.29, 0.717) is 13.2 Å². The summed E-state index contributed by atoms with van der Waals surface area (Å²) in [6.45, 7) is 10.9. The van der Waals surface area contributed by atoms with Gasteiger partial charge in [-0.15, -0.1) is 0 Å². The average Bonchev–Trinajstić information content (AvgIpc) is 2.70. The number of carbonyl (C=O) groups excluding carboxylic acids is 1. The topological polar surface area (TPSA) is 86.6 Å². The predicted octanol–water partition coefficient (Wildman–Crippen LogP) is 1.90. The molecule has 0 radical (unpaired) electrons. The summed E-state index contributed by atoms with van der Waals surface area (Å²) < 4.78 is 11.0. The lowest BCUT2D eigenvalue weighted by Crippen LogP contribution is -2.41. The zero-order chi connectivity index (χ0) is 20.4. The fourth-order valence-electron chi connectivity index (χ4n) is 2.99. The van der Waals surface area contributed by atoms with Crippen LogP contribution in [0, 0.1) is 18.3 Å². The van der Waals surface area contributed by atoms with Gasteiger partial charge in [0.1, 0.15) is 17.4 Å². The molecule has 7 nitrogen and oxygen atoms in total. The maximum absolute atomic E-state index is 12.3. The van der Waals surface area contributed by atoms with Crippen molar-refractivity contribution in [2.24, 2.45) is 0 Å². The molecular formula is C21H30N4O3. The number of carbonyl (C=O) groups is 1. The number of ether oxygens (including phenoxy) is 2. The van der Waals surface area contributed by atoms with Crippen molar-refractivity contribution < 1.29 is 14.3 Å². The molecule has 0 aliphatic carbocycles. The molecule has 1 aliphatic rings. The number of hydrogen-bond acceptors (Lipinski definition) is 6. The molecule has 7 heteroatoms. The minimum Gasteiger partial charge on any atom is -0.494 e. The number of rotatable bonds is 9. The zero-order valence-electron chi connectivity index (χ0n) is 17.0. The Morgan fingerprint density at radius 3 is 2.86 bits per heavy atom. The van der Waals surface area contributed by atoms with Gasteiger partial charge in [-0.05, 0) is 26.8 Å². The van der Waals surface area contributed by atoms with Gasteiger partial charge in [-0.3, -0.25) is 9.69 Å². The molecule has 1 amide bonds. The molecule has 1 aliphatic heterocycles. The first-order chi connectivity index (χ1) is 13.5. The highest BCUT2D eigenvalue weighted by Crippen LogP contribution is 2.26. The molecule has 0 spiro atoms. The van der Waals surface area contributed by atoms with Gasteiger partial charge in [0.15, 0.2) is 0 Å². The first-order valence-electron chi connectivity index (χ1n) is 9.73.